The Kier molecular flexibility index (Phi) is 5.90. The van der Waals surface area contributed by atoms with Crippen LogP contribution in [0.2, 0.25) is 0 Å². The molecule has 1 heterocycles. The molecule has 0 aliphatic carbocycles. The number of carbonyl (C=O) groups excluding carboxylic acids is 1. The van der Waals surface area contributed by atoms with Crippen LogP contribution in [-0.2, 0) is 6.54 Å². The van der Waals surface area contributed by atoms with E-state index in [0.29, 0.717) is 23.7 Å². The van der Waals surface area contributed by atoms with E-state index in [1.54, 1.807) is 26.2 Å². The lowest BCUT2D eigenvalue weighted by atomic mass is 10.0. The van der Waals surface area contributed by atoms with Gasteiger partial charge in [-0.25, -0.2) is 4.79 Å². The zero-order chi connectivity index (χ0) is 18.6. The highest BCUT2D eigenvalue weighted by Crippen LogP contribution is 2.32. The van der Waals surface area contributed by atoms with Crippen LogP contribution in [-0.4, -0.2) is 37.4 Å². The molecule has 0 radical (unpaired) electrons. The molecule has 2 amide bonds. The highest BCUT2D eigenvalue weighted by molar-refractivity contribution is 5.74. The molecule has 1 atom stereocenters. The van der Waals surface area contributed by atoms with Gasteiger partial charge in [0.25, 0.3) is 0 Å². The number of amides is 2. The van der Waals surface area contributed by atoms with Crippen molar-refractivity contribution >= 4 is 6.03 Å². The minimum Gasteiger partial charge on any atom is -0.493 e. The Bertz CT molecular complexity index is 742. The zero-order valence-electron chi connectivity index (χ0n) is 15.5. The summed E-state index contributed by atoms with van der Waals surface area (Å²) in [5.74, 6) is 2.02. The highest BCUT2D eigenvalue weighted by Gasteiger charge is 2.18. The number of carbonyl (C=O) groups is 1. The van der Waals surface area contributed by atoms with Crippen LogP contribution >= 0.6 is 0 Å². The van der Waals surface area contributed by atoms with E-state index in [1.165, 1.54) is 0 Å². The van der Waals surface area contributed by atoms with Gasteiger partial charge in [0.1, 0.15) is 11.5 Å². The van der Waals surface area contributed by atoms with Crippen LogP contribution < -0.4 is 14.8 Å². The van der Waals surface area contributed by atoms with Crippen molar-refractivity contribution in [1.29, 1.82) is 0 Å². The van der Waals surface area contributed by atoms with Crippen LogP contribution in [0, 0.1) is 13.8 Å². The van der Waals surface area contributed by atoms with E-state index in [-0.39, 0.29) is 12.1 Å². The number of nitrogens with zero attached hydrogens (tertiary/aromatic N) is 2. The number of methoxy groups -OCH3 is 2. The summed E-state index contributed by atoms with van der Waals surface area (Å²) in [5, 5.41) is 6.89. The zero-order valence-corrected chi connectivity index (χ0v) is 15.5. The number of hydrogen-bond donors (Lipinski definition) is 1. The van der Waals surface area contributed by atoms with Crippen molar-refractivity contribution in [2.45, 2.75) is 33.4 Å². The summed E-state index contributed by atoms with van der Waals surface area (Å²) in [5.41, 5.74) is 2.70. The van der Waals surface area contributed by atoms with Gasteiger partial charge >= 0.3 is 6.03 Å². The lowest BCUT2D eigenvalue weighted by molar-refractivity contribution is 0.202. The Morgan fingerprint density at radius 1 is 1.24 bits per heavy atom. The largest absolute Gasteiger partial charge is 0.493 e. The normalized spacial score (nSPS) is 11.8. The molecule has 2 rings (SSSR count). The van der Waals surface area contributed by atoms with E-state index in [4.69, 9.17) is 14.0 Å². The third kappa shape index (κ3) is 4.43. The van der Waals surface area contributed by atoms with E-state index in [9.17, 15) is 4.79 Å². The Morgan fingerprint density at radius 2 is 1.88 bits per heavy atom. The number of benzene rings is 1. The predicted molar refractivity (Wildman–Crippen MR) is 93.9 cm³/mol. The second kappa shape index (κ2) is 7.92. The van der Waals surface area contributed by atoms with E-state index in [2.05, 4.69) is 10.5 Å². The third-order valence-corrected chi connectivity index (χ3v) is 4.00. The molecule has 0 aliphatic rings. The summed E-state index contributed by atoms with van der Waals surface area (Å²) in [4.78, 5) is 14.0. The van der Waals surface area contributed by atoms with E-state index < -0.39 is 0 Å². The molecule has 0 aliphatic heterocycles. The molecule has 0 saturated carbocycles. The van der Waals surface area contributed by atoms with Gasteiger partial charge in [-0.15, -0.1) is 0 Å². The number of nitrogens with one attached hydrogen (secondary N) is 1. The van der Waals surface area contributed by atoms with Crippen molar-refractivity contribution in [1.82, 2.24) is 15.4 Å². The molecule has 0 spiro atoms. The maximum Gasteiger partial charge on any atom is 0.317 e. The summed E-state index contributed by atoms with van der Waals surface area (Å²) in [6, 6.07) is 5.22. The predicted octanol–water partition coefficient (Wildman–Crippen LogP) is 3.21. The van der Waals surface area contributed by atoms with E-state index in [0.717, 1.165) is 16.9 Å². The molecule has 136 valence electrons. The summed E-state index contributed by atoms with van der Waals surface area (Å²) in [7, 11) is 4.91. The third-order valence-electron chi connectivity index (χ3n) is 4.00. The maximum absolute atomic E-state index is 12.4. The number of aryl methyl sites for hydroxylation is 2. The van der Waals surface area contributed by atoms with Crippen molar-refractivity contribution in [2.24, 2.45) is 0 Å². The van der Waals surface area contributed by atoms with Crippen molar-refractivity contribution in [3.8, 4) is 11.5 Å². The number of aromatic nitrogens is 1. The molecule has 1 aromatic heterocycles. The van der Waals surface area contributed by atoms with Gasteiger partial charge in [0.2, 0.25) is 0 Å². The standard InChI is InChI=1S/C18H25N3O4/c1-11-7-16(23-5)17(24-6)9-15(11)13(3)19-18(22)21(4)10-14-8-12(2)25-20-14/h7-9,13H,10H2,1-6H3,(H,19,22)/t13-/m0/s1. The summed E-state index contributed by atoms with van der Waals surface area (Å²) >= 11 is 0. The first-order valence-corrected chi connectivity index (χ1v) is 8.02. The van der Waals surface area contributed by atoms with Crippen LogP contribution in [0.1, 0.15) is 35.5 Å². The average Bonchev–Trinajstić information content (AvgIpc) is 2.98. The first kappa shape index (κ1) is 18.6. The van der Waals surface area contributed by atoms with Crippen LogP contribution in [0.15, 0.2) is 22.7 Å². The van der Waals surface area contributed by atoms with Crippen LogP contribution in [0.3, 0.4) is 0 Å². The van der Waals surface area contributed by atoms with Crippen molar-refractivity contribution < 1.29 is 18.8 Å². The lowest BCUT2D eigenvalue weighted by Crippen LogP contribution is -2.38. The Hall–Kier alpha value is -2.70. The molecule has 0 saturated heterocycles. The van der Waals surface area contributed by atoms with Gasteiger partial charge in [-0.3, -0.25) is 0 Å². The Labute approximate surface area is 147 Å². The number of urea groups is 1. The molecular formula is C18H25N3O4. The molecule has 0 unspecified atom stereocenters. The van der Waals surface area contributed by atoms with Crippen molar-refractivity contribution in [3.05, 3.63) is 40.8 Å². The molecule has 2 aromatic rings. The minimum absolute atomic E-state index is 0.186. The summed E-state index contributed by atoms with van der Waals surface area (Å²) < 4.78 is 15.7. The molecule has 1 N–H and O–H groups in total. The van der Waals surface area contributed by atoms with Gasteiger partial charge in [0, 0.05) is 13.1 Å². The SMILES string of the molecule is COc1cc(C)c([C@H](C)NC(=O)N(C)Cc2cc(C)on2)cc1OC. The van der Waals surface area contributed by atoms with E-state index in [1.807, 2.05) is 39.0 Å². The Morgan fingerprint density at radius 3 is 2.44 bits per heavy atom. The smallest absolute Gasteiger partial charge is 0.317 e. The summed E-state index contributed by atoms with van der Waals surface area (Å²) in [6.45, 7) is 6.10. The second-order valence-electron chi connectivity index (χ2n) is 6.02. The first-order chi connectivity index (χ1) is 11.8. The quantitative estimate of drug-likeness (QED) is 0.868. The fourth-order valence-corrected chi connectivity index (χ4v) is 2.64. The average molecular weight is 347 g/mol. The van der Waals surface area contributed by atoms with Crippen molar-refractivity contribution in [3.63, 3.8) is 0 Å². The maximum atomic E-state index is 12.4. The van der Waals surface area contributed by atoms with Crippen LogP contribution in [0.5, 0.6) is 11.5 Å². The fourth-order valence-electron chi connectivity index (χ4n) is 2.64. The van der Waals surface area contributed by atoms with Gasteiger partial charge in [-0.1, -0.05) is 5.16 Å². The Balaban J connectivity index is 2.07. The van der Waals surface area contributed by atoms with E-state index >= 15 is 0 Å². The molecular weight excluding hydrogens is 322 g/mol. The number of hydrogen-bond acceptors (Lipinski definition) is 5. The molecule has 7 heteroatoms. The second-order valence-corrected chi connectivity index (χ2v) is 6.02. The molecule has 1 aromatic carbocycles. The first-order valence-electron chi connectivity index (χ1n) is 8.02. The van der Waals surface area contributed by atoms with Gasteiger partial charge < -0.3 is 24.2 Å². The highest BCUT2D eigenvalue weighted by atomic mass is 16.5. The number of ether oxygens (including phenoxy) is 2. The van der Waals surface area contributed by atoms with Gasteiger partial charge in [0.15, 0.2) is 11.5 Å². The topological polar surface area (TPSA) is 76.8 Å². The van der Waals surface area contributed by atoms with Gasteiger partial charge in [-0.2, -0.15) is 0 Å². The number of rotatable bonds is 6. The molecule has 7 nitrogen and oxygen atoms in total. The minimum atomic E-state index is -0.192. The lowest BCUT2D eigenvalue weighted by Gasteiger charge is -2.23. The monoisotopic (exact) mass is 347 g/mol. The van der Waals surface area contributed by atoms with Crippen molar-refractivity contribution in [2.75, 3.05) is 21.3 Å². The fraction of sp³-hybridized carbons (Fsp3) is 0.444. The van der Waals surface area contributed by atoms with Gasteiger partial charge in [0.05, 0.1) is 26.8 Å². The molecule has 0 fully saturated rings. The van der Waals surface area contributed by atoms with Crippen LogP contribution in [0.25, 0.3) is 0 Å². The van der Waals surface area contributed by atoms with Crippen LogP contribution in [0.4, 0.5) is 4.79 Å². The molecule has 25 heavy (non-hydrogen) atoms. The molecule has 0 bridgehead atoms. The summed E-state index contributed by atoms with van der Waals surface area (Å²) in [6.07, 6.45) is 0. The van der Waals surface area contributed by atoms with Gasteiger partial charge in [-0.05, 0) is 44.0 Å².